The second-order valence-electron chi connectivity index (χ2n) is 5.76. The first-order chi connectivity index (χ1) is 9.79. The van der Waals surface area contributed by atoms with E-state index in [0.717, 1.165) is 32.4 Å². The highest BCUT2D eigenvalue weighted by atomic mass is 35.5. The second kappa shape index (κ2) is 8.66. The Morgan fingerprint density at radius 2 is 2.05 bits per heavy atom. The average Bonchev–Trinajstić information content (AvgIpc) is 2.48. The summed E-state index contributed by atoms with van der Waals surface area (Å²) < 4.78 is 5.39. The molecule has 1 aliphatic carbocycles. The number of alkyl halides is 1. The quantitative estimate of drug-likeness (QED) is 0.613. The Morgan fingerprint density at radius 1 is 1.25 bits per heavy atom. The Bertz CT molecular complexity index is 371. The van der Waals surface area contributed by atoms with E-state index in [-0.39, 0.29) is 11.5 Å². The summed E-state index contributed by atoms with van der Waals surface area (Å²) >= 11 is 6.34. The van der Waals surface area contributed by atoms with Gasteiger partial charge in [-0.2, -0.15) is 0 Å². The van der Waals surface area contributed by atoms with E-state index in [1.807, 2.05) is 0 Å². The fourth-order valence-corrected chi connectivity index (χ4v) is 3.47. The molecule has 2 nitrogen and oxygen atoms in total. The van der Waals surface area contributed by atoms with Crippen LogP contribution in [0.4, 0.5) is 0 Å². The van der Waals surface area contributed by atoms with Crippen molar-refractivity contribution in [1.82, 2.24) is 5.32 Å². The van der Waals surface area contributed by atoms with Gasteiger partial charge in [0.15, 0.2) is 0 Å². The molecule has 0 radical (unpaired) electrons. The lowest BCUT2D eigenvalue weighted by atomic mass is 9.87. The predicted octanol–water partition coefficient (Wildman–Crippen LogP) is 3.63. The summed E-state index contributed by atoms with van der Waals surface area (Å²) in [5.41, 5.74) is 1.43. The third-order valence-electron chi connectivity index (χ3n) is 4.22. The Kier molecular flexibility index (Phi) is 6.85. The fourth-order valence-electron chi connectivity index (χ4n) is 2.99. The summed E-state index contributed by atoms with van der Waals surface area (Å²) in [6, 6.07) is 10.7. The molecule has 1 fully saturated rings. The van der Waals surface area contributed by atoms with Gasteiger partial charge in [-0.15, -0.1) is 11.6 Å². The Morgan fingerprint density at radius 3 is 2.75 bits per heavy atom. The first kappa shape index (κ1) is 15.8. The van der Waals surface area contributed by atoms with Crippen LogP contribution < -0.4 is 5.32 Å². The maximum Gasteiger partial charge on any atom is 0.0735 e. The Hall–Kier alpha value is -0.570. The predicted molar refractivity (Wildman–Crippen MR) is 85.4 cm³/mol. The molecular formula is C17H26ClNO. The smallest absolute Gasteiger partial charge is 0.0735 e. The second-order valence-corrected chi connectivity index (χ2v) is 6.32. The first-order valence-electron chi connectivity index (χ1n) is 7.71. The van der Waals surface area contributed by atoms with Gasteiger partial charge in [0, 0.05) is 7.11 Å². The Labute approximate surface area is 127 Å². The van der Waals surface area contributed by atoms with Gasteiger partial charge in [-0.1, -0.05) is 30.3 Å². The van der Waals surface area contributed by atoms with Crippen LogP contribution in [-0.4, -0.2) is 31.7 Å². The van der Waals surface area contributed by atoms with Gasteiger partial charge in [0.25, 0.3) is 0 Å². The number of rotatable bonds is 7. The van der Waals surface area contributed by atoms with Crippen LogP contribution in [0.3, 0.4) is 0 Å². The molecule has 112 valence electrons. The lowest BCUT2D eigenvalue weighted by molar-refractivity contribution is 0.0605. The van der Waals surface area contributed by atoms with Crippen molar-refractivity contribution >= 4 is 11.6 Å². The van der Waals surface area contributed by atoms with E-state index in [2.05, 4.69) is 35.6 Å². The molecule has 0 bridgehead atoms. The van der Waals surface area contributed by atoms with Gasteiger partial charge in [-0.05, 0) is 56.7 Å². The SMILES string of the molecule is COC1CCC(CNCCCc2ccccc2)CC1Cl. The van der Waals surface area contributed by atoms with Gasteiger partial charge in [0.1, 0.15) is 0 Å². The summed E-state index contributed by atoms with van der Waals surface area (Å²) in [5.74, 6) is 0.709. The molecule has 3 atom stereocenters. The van der Waals surface area contributed by atoms with Crippen molar-refractivity contribution in [3.8, 4) is 0 Å². The number of benzene rings is 1. The minimum absolute atomic E-state index is 0.185. The van der Waals surface area contributed by atoms with Crippen molar-refractivity contribution in [2.45, 2.75) is 43.6 Å². The first-order valence-corrected chi connectivity index (χ1v) is 8.14. The number of ether oxygens (including phenoxy) is 1. The van der Waals surface area contributed by atoms with Crippen molar-refractivity contribution in [3.63, 3.8) is 0 Å². The molecule has 0 aromatic heterocycles. The zero-order valence-corrected chi connectivity index (χ0v) is 13.1. The van der Waals surface area contributed by atoms with Crippen molar-refractivity contribution in [2.24, 2.45) is 5.92 Å². The van der Waals surface area contributed by atoms with E-state index in [4.69, 9.17) is 16.3 Å². The average molecular weight is 296 g/mol. The zero-order valence-electron chi connectivity index (χ0n) is 12.4. The maximum absolute atomic E-state index is 6.34. The van der Waals surface area contributed by atoms with Crippen molar-refractivity contribution in [2.75, 3.05) is 20.2 Å². The van der Waals surface area contributed by atoms with Crippen LogP contribution in [0, 0.1) is 5.92 Å². The van der Waals surface area contributed by atoms with Gasteiger partial charge in [-0.3, -0.25) is 0 Å². The van der Waals surface area contributed by atoms with E-state index in [0.29, 0.717) is 5.92 Å². The number of methoxy groups -OCH3 is 1. The van der Waals surface area contributed by atoms with E-state index >= 15 is 0 Å². The summed E-state index contributed by atoms with van der Waals surface area (Å²) in [6.07, 6.45) is 6.01. The van der Waals surface area contributed by atoms with Gasteiger partial charge < -0.3 is 10.1 Å². The van der Waals surface area contributed by atoms with Crippen LogP contribution in [0.15, 0.2) is 30.3 Å². The molecule has 20 heavy (non-hydrogen) atoms. The monoisotopic (exact) mass is 295 g/mol. The van der Waals surface area contributed by atoms with Crippen LogP contribution in [-0.2, 0) is 11.2 Å². The Balaban J connectivity index is 1.55. The minimum Gasteiger partial charge on any atom is -0.380 e. The van der Waals surface area contributed by atoms with Crippen LogP contribution >= 0.6 is 11.6 Å². The topological polar surface area (TPSA) is 21.3 Å². The van der Waals surface area contributed by atoms with Crippen molar-refractivity contribution in [1.29, 1.82) is 0 Å². The van der Waals surface area contributed by atoms with E-state index in [1.54, 1.807) is 7.11 Å². The molecular weight excluding hydrogens is 270 g/mol. The number of hydrogen-bond acceptors (Lipinski definition) is 2. The van der Waals surface area contributed by atoms with Gasteiger partial charge in [0.05, 0.1) is 11.5 Å². The minimum atomic E-state index is 0.185. The van der Waals surface area contributed by atoms with E-state index < -0.39 is 0 Å². The molecule has 0 amide bonds. The number of halogens is 1. The number of nitrogens with one attached hydrogen (secondary N) is 1. The highest BCUT2D eigenvalue weighted by Crippen LogP contribution is 2.29. The van der Waals surface area contributed by atoms with E-state index in [1.165, 1.54) is 18.4 Å². The molecule has 3 heteroatoms. The molecule has 1 saturated carbocycles. The van der Waals surface area contributed by atoms with Gasteiger partial charge in [0.2, 0.25) is 0 Å². The number of hydrogen-bond donors (Lipinski definition) is 1. The standard InChI is InChI=1S/C17H26ClNO/c1-20-17-10-9-15(12-16(17)18)13-19-11-5-8-14-6-3-2-4-7-14/h2-4,6-7,15-17,19H,5,8-13H2,1H3. The molecule has 0 spiro atoms. The third-order valence-corrected chi connectivity index (χ3v) is 4.68. The van der Waals surface area contributed by atoms with Gasteiger partial charge in [-0.25, -0.2) is 0 Å². The van der Waals surface area contributed by atoms with Crippen molar-refractivity contribution < 1.29 is 4.74 Å². The zero-order chi connectivity index (χ0) is 14.2. The lowest BCUT2D eigenvalue weighted by Crippen LogP contribution is -2.35. The van der Waals surface area contributed by atoms with Gasteiger partial charge >= 0.3 is 0 Å². The normalized spacial score (nSPS) is 26.6. The third kappa shape index (κ3) is 5.08. The molecule has 1 aliphatic rings. The highest BCUT2D eigenvalue weighted by Gasteiger charge is 2.28. The highest BCUT2D eigenvalue weighted by molar-refractivity contribution is 6.21. The van der Waals surface area contributed by atoms with Crippen LogP contribution in [0.25, 0.3) is 0 Å². The lowest BCUT2D eigenvalue weighted by Gasteiger charge is -2.31. The summed E-state index contributed by atoms with van der Waals surface area (Å²) in [5, 5.41) is 3.76. The molecule has 1 N–H and O–H groups in total. The molecule has 3 unspecified atom stereocenters. The largest absolute Gasteiger partial charge is 0.380 e. The van der Waals surface area contributed by atoms with Crippen LogP contribution in [0.2, 0.25) is 0 Å². The summed E-state index contributed by atoms with van der Waals surface area (Å²) in [6.45, 7) is 2.18. The van der Waals surface area contributed by atoms with E-state index in [9.17, 15) is 0 Å². The molecule has 1 aromatic rings. The molecule has 0 heterocycles. The molecule has 2 rings (SSSR count). The molecule has 1 aromatic carbocycles. The number of aryl methyl sites for hydroxylation is 1. The van der Waals surface area contributed by atoms with Crippen LogP contribution in [0.5, 0.6) is 0 Å². The summed E-state index contributed by atoms with van der Waals surface area (Å²) in [7, 11) is 1.77. The molecule has 0 aliphatic heterocycles. The van der Waals surface area contributed by atoms with Crippen molar-refractivity contribution in [3.05, 3.63) is 35.9 Å². The van der Waals surface area contributed by atoms with Crippen LogP contribution in [0.1, 0.15) is 31.2 Å². The maximum atomic E-state index is 6.34. The summed E-state index contributed by atoms with van der Waals surface area (Å²) in [4.78, 5) is 0. The molecule has 0 saturated heterocycles. The fraction of sp³-hybridized carbons (Fsp3) is 0.647.